The predicted molar refractivity (Wildman–Crippen MR) is 56.0 cm³/mol. The van der Waals surface area contributed by atoms with Crippen LogP contribution in [-0.2, 0) is 10.2 Å². The number of hydrogen-bond acceptors (Lipinski definition) is 3. The molecule has 84 valence electrons. The van der Waals surface area contributed by atoms with Gasteiger partial charge < -0.3 is 5.73 Å². The molecule has 2 N–H and O–H groups in total. The molecule has 6 heteroatoms. The fraction of sp³-hybridized carbons (Fsp3) is 1.00. The van der Waals surface area contributed by atoms with E-state index in [4.69, 9.17) is 5.73 Å². The molecule has 1 heterocycles. The quantitative estimate of drug-likeness (QED) is 0.690. The second-order valence-electron chi connectivity index (χ2n) is 4.60. The summed E-state index contributed by atoms with van der Waals surface area (Å²) < 4.78 is 26.5. The van der Waals surface area contributed by atoms with E-state index >= 15 is 0 Å². The minimum absolute atomic E-state index is 0.0558. The number of hydrogen-bond donors (Lipinski definition) is 1. The van der Waals surface area contributed by atoms with Crippen molar-refractivity contribution in [2.24, 2.45) is 5.73 Å². The van der Waals surface area contributed by atoms with E-state index in [0.717, 1.165) is 0 Å². The predicted octanol–water partition coefficient (Wildman–Crippen LogP) is -0.396. The molecule has 0 aliphatic carbocycles. The molecule has 1 saturated heterocycles. The van der Waals surface area contributed by atoms with Gasteiger partial charge in [0.1, 0.15) is 0 Å². The molecular formula is C8H19N3O2S. The highest BCUT2D eigenvalue weighted by atomic mass is 32.2. The Bertz CT molecular complexity index is 311. The molecule has 1 rings (SSSR count). The molecule has 0 aromatic heterocycles. The Morgan fingerprint density at radius 2 is 1.93 bits per heavy atom. The van der Waals surface area contributed by atoms with Crippen molar-refractivity contribution in [2.45, 2.75) is 31.8 Å². The van der Waals surface area contributed by atoms with E-state index in [9.17, 15) is 8.42 Å². The minimum Gasteiger partial charge on any atom is -0.326 e. The third kappa shape index (κ3) is 1.93. The first-order valence-electron chi connectivity index (χ1n) is 4.64. The van der Waals surface area contributed by atoms with Crippen molar-refractivity contribution in [3.63, 3.8) is 0 Å². The first kappa shape index (κ1) is 11.9. The molecule has 0 spiro atoms. The minimum atomic E-state index is -3.33. The third-order valence-corrected chi connectivity index (χ3v) is 4.70. The summed E-state index contributed by atoms with van der Waals surface area (Å²) in [4.78, 5) is 0. The second-order valence-corrected chi connectivity index (χ2v) is 6.66. The smallest absolute Gasteiger partial charge is 0.282 e. The molecule has 14 heavy (non-hydrogen) atoms. The van der Waals surface area contributed by atoms with Crippen LogP contribution in [-0.4, -0.2) is 49.2 Å². The SMILES string of the molecule is CN(C)S(=O)(=O)N1CC(N)CC1(C)C. The molecule has 0 radical (unpaired) electrons. The summed E-state index contributed by atoms with van der Waals surface area (Å²) >= 11 is 0. The van der Waals surface area contributed by atoms with Gasteiger partial charge in [0.05, 0.1) is 0 Å². The fourth-order valence-corrected chi connectivity index (χ4v) is 3.34. The van der Waals surface area contributed by atoms with Crippen LogP contribution < -0.4 is 5.73 Å². The summed E-state index contributed by atoms with van der Waals surface area (Å²) in [6.45, 7) is 4.22. The van der Waals surface area contributed by atoms with Gasteiger partial charge in [0, 0.05) is 32.2 Å². The largest absolute Gasteiger partial charge is 0.326 e. The number of rotatable bonds is 2. The molecule has 0 amide bonds. The summed E-state index contributed by atoms with van der Waals surface area (Å²) in [5, 5.41) is 0. The van der Waals surface area contributed by atoms with Crippen molar-refractivity contribution in [1.29, 1.82) is 0 Å². The number of nitrogens with zero attached hydrogens (tertiary/aromatic N) is 2. The summed E-state index contributed by atoms with van der Waals surface area (Å²) in [6, 6.07) is -0.0558. The lowest BCUT2D eigenvalue weighted by atomic mass is 10.0. The Kier molecular flexibility index (Phi) is 2.93. The Morgan fingerprint density at radius 3 is 2.21 bits per heavy atom. The van der Waals surface area contributed by atoms with Gasteiger partial charge in [-0.1, -0.05) is 0 Å². The van der Waals surface area contributed by atoms with E-state index in [1.165, 1.54) is 22.7 Å². The van der Waals surface area contributed by atoms with E-state index < -0.39 is 10.2 Å². The Morgan fingerprint density at radius 1 is 1.43 bits per heavy atom. The fourth-order valence-electron chi connectivity index (χ4n) is 1.87. The van der Waals surface area contributed by atoms with Crippen molar-refractivity contribution >= 4 is 10.2 Å². The third-order valence-electron chi connectivity index (χ3n) is 2.58. The molecule has 1 unspecified atom stereocenters. The molecule has 1 fully saturated rings. The molecule has 0 aromatic rings. The highest BCUT2D eigenvalue weighted by Gasteiger charge is 2.44. The molecule has 0 bridgehead atoms. The van der Waals surface area contributed by atoms with Crippen LogP contribution in [0.25, 0.3) is 0 Å². The molecule has 0 saturated carbocycles. The second kappa shape index (κ2) is 3.44. The van der Waals surface area contributed by atoms with E-state index in [-0.39, 0.29) is 11.6 Å². The summed E-state index contributed by atoms with van der Waals surface area (Å²) in [7, 11) is -0.257. The van der Waals surface area contributed by atoms with Crippen LogP contribution in [0.15, 0.2) is 0 Å². The maximum atomic E-state index is 11.9. The average molecular weight is 221 g/mol. The van der Waals surface area contributed by atoms with Crippen LogP contribution in [0.4, 0.5) is 0 Å². The molecule has 5 nitrogen and oxygen atoms in total. The van der Waals surface area contributed by atoms with Crippen LogP contribution >= 0.6 is 0 Å². The highest BCUT2D eigenvalue weighted by Crippen LogP contribution is 2.30. The van der Waals surface area contributed by atoms with E-state index in [1.54, 1.807) is 0 Å². The maximum Gasteiger partial charge on any atom is 0.282 e. The zero-order valence-electron chi connectivity index (χ0n) is 9.19. The van der Waals surface area contributed by atoms with Gasteiger partial charge in [0.25, 0.3) is 10.2 Å². The zero-order chi connectivity index (χ0) is 11.1. The van der Waals surface area contributed by atoms with Crippen LogP contribution in [0.3, 0.4) is 0 Å². The van der Waals surface area contributed by atoms with Crippen LogP contribution in [0.2, 0.25) is 0 Å². The van der Waals surface area contributed by atoms with Crippen molar-refractivity contribution < 1.29 is 8.42 Å². The van der Waals surface area contributed by atoms with Crippen LogP contribution in [0.5, 0.6) is 0 Å². The molecule has 1 atom stereocenters. The summed E-state index contributed by atoms with van der Waals surface area (Å²) in [5.74, 6) is 0. The maximum absolute atomic E-state index is 11.9. The Labute approximate surface area is 86.0 Å². The van der Waals surface area contributed by atoms with Gasteiger partial charge in [-0.25, -0.2) is 0 Å². The first-order valence-corrected chi connectivity index (χ1v) is 6.03. The summed E-state index contributed by atoms with van der Waals surface area (Å²) in [6.07, 6.45) is 0.708. The van der Waals surface area contributed by atoms with Crippen molar-refractivity contribution in [3.8, 4) is 0 Å². The topological polar surface area (TPSA) is 66.6 Å². The monoisotopic (exact) mass is 221 g/mol. The van der Waals surface area contributed by atoms with Crippen LogP contribution in [0, 0.1) is 0 Å². The van der Waals surface area contributed by atoms with Crippen molar-refractivity contribution in [3.05, 3.63) is 0 Å². The van der Waals surface area contributed by atoms with Crippen LogP contribution in [0.1, 0.15) is 20.3 Å². The Hall–Kier alpha value is -0.170. The molecule has 1 aliphatic heterocycles. The average Bonchev–Trinajstić information content (AvgIpc) is 2.24. The van der Waals surface area contributed by atoms with Gasteiger partial charge in [0.15, 0.2) is 0 Å². The highest BCUT2D eigenvalue weighted by molar-refractivity contribution is 7.86. The van der Waals surface area contributed by atoms with Crippen molar-refractivity contribution in [2.75, 3.05) is 20.6 Å². The molecule has 1 aliphatic rings. The lowest BCUT2D eigenvalue weighted by Crippen LogP contribution is -2.48. The standard InChI is InChI=1S/C8H19N3O2S/c1-8(2)5-7(9)6-11(8)14(12,13)10(3)4/h7H,5-6,9H2,1-4H3. The molecule has 0 aromatic carbocycles. The van der Waals surface area contributed by atoms with Gasteiger partial charge in [-0.15, -0.1) is 0 Å². The van der Waals surface area contributed by atoms with Crippen molar-refractivity contribution in [1.82, 2.24) is 8.61 Å². The van der Waals surface area contributed by atoms with E-state index in [2.05, 4.69) is 0 Å². The number of nitrogens with two attached hydrogens (primary N) is 1. The van der Waals surface area contributed by atoms with Gasteiger partial charge in [-0.05, 0) is 20.3 Å². The van der Waals surface area contributed by atoms with Gasteiger partial charge in [0.2, 0.25) is 0 Å². The van der Waals surface area contributed by atoms with Gasteiger partial charge >= 0.3 is 0 Å². The van der Waals surface area contributed by atoms with E-state index in [1.807, 2.05) is 13.8 Å². The van der Waals surface area contributed by atoms with Gasteiger partial charge in [-0.3, -0.25) is 0 Å². The first-order chi connectivity index (χ1) is 6.18. The van der Waals surface area contributed by atoms with Gasteiger partial charge in [-0.2, -0.15) is 17.0 Å². The molecular weight excluding hydrogens is 202 g/mol. The summed E-state index contributed by atoms with van der Waals surface area (Å²) in [5.41, 5.74) is 5.40. The normalized spacial score (nSPS) is 28.6. The lowest BCUT2D eigenvalue weighted by molar-refractivity contribution is 0.275. The lowest BCUT2D eigenvalue weighted by Gasteiger charge is -2.32. The van der Waals surface area contributed by atoms with E-state index in [0.29, 0.717) is 13.0 Å². The Balaban J connectivity index is 3.00. The zero-order valence-corrected chi connectivity index (χ0v) is 10.0.